The monoisotopic (exact) mass is 344 g/mol. The van der Waals surface area contributed by atoms with Gasteiger partial charge in [-0.2, -0.15) is 0 Å². The number of carboxylic acids is 1. The molecule has 0 radical (unpaired) electrons. The average molecular weight is 345 g/mol. The van der Waals surface area contributed by atoms with Crippen molar-refractivity contribution < 1.29 is 19.4 Å². The molecule has 0 aromatic carbocycles. The molecular weight excluding hydrogens is 304 g/mol. The lowest BCUT2D eigenvalue weighted by molar-refractivity contribution is -0.168. The zero-order chi connectivity index (χ0) is 17.9. The summed E-state index contributed by atoms with van der Waals surface area (Å²) in [5, 5.41) is 8.63. The third kappa shape index (κ3) is 17.7. The van der Waals surface area contributed by atoms with E-state index < -0.39 is 5.97 Å². The SMILES string of the molecule is CCCCCCCCCCCCCCCC(OCC)OCC(=O)O. The van der Waals surface area contributed by atoms with Crippen LogP contribution in [0.25, 0.3) is 0 Å². The van der Waals surface area contributed by atoms with E-state index in [1.807, 2.05) is 6.92 Å². The largest absolute Gasteiger partial charge is 0.480 e. The van der Waals surface area contributed by atoms with Gasteiger partial charge in [0.25, 0.3) is 0 Å². The summed E-state index contributed by atoms with van der Waals surface area (Å²) in [6.07, 6.45) is 17.7. The van der Waals surface area contributed by atoms with Crippen LogP contribution < -0.4 is 0 Å². The summed E-state index contributed by atoms with van der Waals surface area (Å²) in [7, 11) is 0. The van der Waals surface area contributed by atoms with Gasteiger partial charge < -0.3 is 14.6 Å². The Bertz CT molecular complexity index is 268. The standard InChI is InChI=1S/C20H40O4/c1-3-5-6-7-8-9-10-11-12-13-14-15-16-17-20(23-4-2)24-18-19(21)22/h20H,3-18H2,1-2H3,(H,21,22). The van der Waals surface area contributed by atoms with E-state index in [0.717, 1.165) is 12.8 Å². The van der Waals surface area contributed by atoms with Crippen LogP contribution in [0.4, 0.5) is 0 Å². The second-order valence-electron chi connectivity index (χ2n) is 6.62. The van der Waals surface area contributed by atoms with Crippen LogP contribution in [-0.2, 0) is 14.3 Å². The summed E-state index contributed by atoms with van der Waals surface area (Å²) in [5.41, 5.74) is 0. The van der Waals surface area contributed by atoms with Gasteiger partial charge in [-0.3, -0.25) is 0 Å². The molecule has 144 valence electrons. The van der Waals surface area contributed by atoms with E-state index in [1.54, 1.807) is 0 Å². The Labute approximate surface area is 149 Å². The number of carbonyl (C=O) groups is 1. The second-order valence-corrected chi connectivity index (χ2v) is 6.62. The van der Waals surface area contributed by atoms with Gasteiger partial charge in [-0.15, -0.1) is 0 Å². The highest BCUT2D eigenvalue weighted by molar-refractivity contribution is 5.67. The van der Waals surface area contributed by atoms with Crippen molar-refractivity contribution in [3.05, 3.63) is 0 Å². The van der Waals surface area contributed by atoms with Crippen molar-refractivity contribution in [2.45, 2.75) is 110 Å². The molecule has 0 aliphatic rings. The molecule has 0 aliphatic carbocycles. The van der Waals surface area contributed by atoms with E-state index in [9.17, 15) is 4.79 Å². The number of hydrogen-bond acceptors (Lipinski definition) is 3. The Kier molecular flexibility index (Phi) is 18.2. The maximum Gasteiger partial charge on any atom is 0.329 e. The van der Waals surface area contributed by atoms with Crippen molar-refractivity contribution in [3.8, 4) is 0 Å². The van der Waals surface area contributed by atoms with Crippen molar-refractivity contribution >= 4 is 5.97 Å². The number of rotatable bonds is 19. The summed E-state index contributed by atoms with van der Waals surface area (Å²) in [5.74, 6) is -0.940. The molecule has 4 heteroatoms. The minimum absolute atomic E-state index is 0.275. The highest BCUT2D eigenvalue weighted by Crippen LogP contribution is 2.14. The molecule has 0 aromatic heterocycles. The molecule has 0 saturated carbocycles. The van der Waals surface area contributed by atoms with E-state index in [0.29, 0.717) is 6.61 Å². The Balaban J connectivity index is 3.31. The molecule has 1 N–H and O–H groups in total. The maximum absolute atomic E-state index is 10.5. The normalized spacial score (nSPS) is 12.4. The van der Waals surface area contributed by atoms with E-state index >= 15 is 0 Å². The fourth-order valence-corrected chi connectivity index (χ4v) is 2.89. The van der Waals surface area contributed by atoms with Gasteiger partial charge in [0, 0.05) is 6.61 Å². The molecular formula is C20H40O4. The molecule has 1 atom stereocenters. The predicted octanol–water partition coefficient (Wildman–Crippen LogP) is 5.93. The Hall–Kier alpha value is -0.610. The number of ether oxygens (including phenoxy) is 2. The third-order valence-corrected chi connectivity index (χ3v) is 4.29. The highest BCUT2D eigenvalue weighted by atomic mass is 16.7. The van der Waals surface area contributed by atoms with Crippen LogP contribution in [0, 0.1) is 0 Å². The lowest BCUT2D eigenvalue weighted by Crippen LogP contribution is -2.21. The number of carboxylic acid groups (broad SMARTS) is 1. The van der Waals surface area contributed by atoms with Gasteiger partial charge in [0.2, 0.25) is 0 Å². The number of unbranched alkanes of at least 4 members (excludes halogenated alkanes) is 12. The van der Waals surface area contributed by atoms with Gasteiger partial charge in [-0.1, -0.05) is 84.0 Å². The van der Waals surface area contributed by atoms with E-state index in [4.69, 9.17) is 14.6 Å². The summed E-state index contributed by atoms with van der Waals surface area (Å²) < 4.78 is 10.6. The number of hydrogen-bond donors (Lipinski definition) is 1. The van der Waals surface area contributed by atoms with Crippen molar-refractivity contribution in [2.24, 2.45) is 0 Å². The van der Waals surface area contributed by atoms with Gasteiger partial charge in [0.05, 0.1) is 0 Å². The predicted molar refractivity (Wildman–Crippen MR) is 99.3 cm³/mol. The van der Waals surface area contributed by atoms with Crippen LogP contribution >= 0.6 is 0 Å². The fourth-order valence-electron chi connectivity index (χ4n) is 2.89. The first-order valence-electron chi connectivity index (χ1n) is 10.2. The molecule has 0 spiro atoms. The summed E-state index contributed by atoms with van der Waals surface area (Å²) >= 11 is 0. The Morgan fingerprint density at radius 2 is 1.21 bits per heavy atom. The first kappa shape index (κ1) is 23.4. The average Bonchev–Trinajstić information content (AvgIpc) is 2.56. The lowest BCUT2D eigenvalue weighted by atomic mass is 10.0. The van der Waals surface area contributed by atoms with Gasteiger partial charge in [0.1, 0.15) is 6.61 Å². The van der Waals surface area contributed by atoms with Crippen LogP contribution in [0.15, 0.2) is 0 Å². The van der Waals surface area contributed by atoms with Crippen LogP contribution in [0.1, 0.15) is 104 Å². The van der Waals surface area contributed by atoms with Gasteiger partial charge in [-0.05, 0) is 19.8 Å². The summed E-state index contributed by atoms with van der Waals surface area (Å²) in [4.78, 5) is 10.5. The fraction of sp³-hybridized carbons (Fsp3) is 0.950. The molecule has 0 rings (SSSR count). The van der Waals surface area contributed by atoms with Crippen LogP contribution in [0.2, 0.25) is 0 Å². The first-order chi connectivity index (χ1) is 11.7. The molecule has 1 unspecified atom stereocenters. The van der Waals surface area contributed by atoms with E-state index in [-0.39, 0.29) is 12.9 Å². The molecule has 0 aromatic rings. The van der Waals surface area contributed by atoms with Crippen molar-refractivity contribution in [1.82, 2.24) is 0 Å². The highest BCUT2D eigenvalue weighted by Gasteiger charge is 2.10. The zero-order valence-electron chi connectivity index (χ0n) is 16.1. The molecule has 4 nitrogen and oxygen atoms in total. The molecule has 24 heavy (non-hydrogen) atoms. The van der Waals surface area contributed by atoms with Crippen LogP contribution in [0.3, 0.4) is 0 Å². The molecule has 0 aliphatic heterocycles. The van der Waals surface area contributed by atoms with Gasteiger partial charge in [0.15, 0.2) is 6.29 Å². The molecule has 0 amide bonds. The molecule has 0 heterocycles. The van der Waals surface area contributed by atoms with Crippen LogP contribution in [-0.4, -0.2) is 30.6 Å². The third-order valence-electron chi connectivity index (χ3n) is 4.29. The molecule has 0 saturated heterocycles. The zero-order valence-corrected chi connectivity index (χ0v) is 16.1. The molecule has 0 fully saturated rings. The lowest BCUT2D eigenvalue weighted by Gasteiger charge is -2.16. The second kappa shape index (κ2) is 18.7. The summed E-state index contributed by atoms with van der Waals surface area (Å²) in [6, 6.07) is 0. The topological polar surface area (TPSA) is 55.8 Å². The minimum Gasteiger partial charge on any atom is -0.480 e. The Morgan fingerprint density at radius 1 is 0.750 bits per heavy atom. The maximum atomic E-state index is 10.5. The molecule has 0 bridgehead atoms. The van der Waals surface area contributed by atoms with E-state index in [2.05, 4.69) is 6.92 Å². The Morgan fingerprint density at radius 3 is 1.62 bits per heavy atom. The smallest absolute Gasteiger partial charge is 0.329 e. The van der Waals surface area contributed by atoms with Crippen molar-refractivity contribution in [3.63, 3.8) is 0 Å². The number of aliphatic carboxylic acids is 1. The van der Waals surface area contributed by atoms with E-state index in [1.165, 1.54) is 77.0 Å². The summed E-state index contributed by atoms with van der Waals surface area (Å²) in [6.45, 7) is 4.45. The van der Waals surface area contributed by atoms with Crippen molar-refractivity contribution in [2.75, 3.05) is 13.2 Å². The van der Waals surface area contributed by atoms with Gasteiger partial charge in [-0.25, -0.2) is 4.79 Å². The quantitative estimate of drug-likeness (QED) is 0.233. The van der Waals surface area contributed by atoms with Crippen molar-refractivity contribution in [1.29, 1.82) is 0 Å². The first-order valence-corrected chi connectivity index (χ1v) is 10.2. The van der Waals surface area contributed by atoms with Crippen LogP contribution in [0.5, 0.6) is 0 Å². The van der Waals surface area contributed by atoms with Gasteiger partial charge >= 0.3 is 5.97 Å². The minimum atomic E-state index is -0.940.